The van der Waals surface area contributed by atoms with E-state index in [1.165, 1.54) is 23.5 Å². The molecule has 0 bridgehead atoms. The number of amides is 1. The molecule has 1 amide bonds. The lowest BCUT2D eigenvalue weighted by molar-refractivity contribution is -0.384. The summed E-state index contributed by atoms with van der Waals surface area (Å²) in [7, 11) is 3.17. The van der Waals surface area contributed by atoms with Crippen molar-refractivity contribution >= 4 is 38.3 Å². The Morgan fingerprint density at radius 3 is 2.47 bits per heavy atom. The predicted molar refractivity (Wildman–Crippen MR) is 129 cm³/mol. The number of morpholine rings is 1. The van der Waals surface area contributed by atoms with E-state index in [2.05, 4.69) is 4.90 Å². The summed E-state index contributed by atoms with van der Waals surface area (Å²) in [5.74, 6) is 1.13. The van der Waals surface area contributed by atoms with Crippen LogP contribution < -0.4 is 14.4 Å². The van der Waals surface area contributed by atoms with Gasteiger partial charge < -0.3 is 14.2 Å². The Balaban J connectivity index is 1.63. The molecule has 0 saturated carbocycles. The van der Waals surface area contributed by atoms with E-state index in [1.807, 2.05) is 6.07 Å². The maximum Gasteiger partial charge on any atom is 0.269 e. The summed E-state index contributed by atoms with van der Waals surface area (Å²) in [6.45, 7) is 4.10. The Morgan fingerprint density at radius 1 is 1.15 bits per heavy atom. The number of hydrogen-bond acceptors (Lipinski definition) is 9. The highest BCUT2D eigenvalue weighted by molar-refractivity contribution is 7.22. The number of nitro benzene ring substituents is 1. The fourth-order valence-electron chi connectivity index (χ4n) is 3.79. The van der Waals surface area contributed by atoms with Crippen molar-refractivity contribution in [1.82, 2.24) is 9.88 Å². The van der Waals surface area contributed by atoms with E-state index in [4.69, 9.17) is 19.2 Å². The van der Waals surface area contributed by atoms with E-state index in [1.54, 1.807) is 37.3 Å². The number of carbonyl (C=O) groups excluding carboxylic acids is 1. The van der Waals surface area contributed by atoms with Gasteiger partial charge in [-0.15, -0.1) is 0 Å². The standard InChI is InChI=1S/C23H26N4O6S/c1-31-18-7-8-19(32-2)22-21(18)24-23(34-22)26(10-9-25-11-13-33-14-12-25)20(28)15-16-3-5-17(6-4-16)27(29)30/h3-8H,9-15H2,1-2H3. The highest BCUT2D eigenvalue weighted by Crippen LogP contribution is 2.40. The second kappa shape index (κ2) is 10.8. The molecule has 0 unspecified atom stereocenters. The first-order valence-electron chi connectivity index (χ1n) is 10.9. The maximum atomic E-state index is 13.4. The number of methoxy groups -OCH3 is 2. The summed E-state index contributed by atoms with van der Waals surface area (Å²) in [6, 6.07) is 9.66. The van der Waals surface area contributed by atoms with Gasteiger partial charge in [-0.3, -0.25) is 24.7 Å². The number of nitro groups is 1. The van der Waals surface area contributed by atoms with Crippen LogP contribution >= 0.6 is 11.3 Å². The van der Waals surface area contributed by atoms with Gasteiger partial charge >= 0.3 is 0 Å². The number of anilines is 1. The average molecular weight is 487 g/mol. The van der Waals surface area contributed by atoms with E-state index in [-0.39, 0.29) is 18.0 Å². The summed E-state index contributed by atoms with van der Waals surface area (Å²) in [4.78, 5) is 32.6. The summed E-state index contributed by atoms with van der Waals surface area (Å²) < 4.78 is 17.2. The van der Waals surface area contributed by atoms with Crippen molar-refractivity contribution in [2.75, 3.05) is 58.5 Å². The lowest BCUT2D eigenvalue weighted by atomic mass is 10.1. The first kappa shape index (κ1) is 23.9. The topological polar surface area (TPSA) is 107 Å². The van der Waals surface area contributed by atoms with Gasteiger partial charge in [-0.05, 0) is 17.7 Å². The number of aromatic nitrogens is 1. The van der Waals surface area contributed by atoms with Gasteiger partial charge in [-0.1, -0.05) is 23.5 Å². The third-order valence-corrected chi connectivity index (χ3v) is 6.77. The van der Waals surface area contributed by atoms with Crippen molar-refractivity contribution in [2.45, 2.75) is 6.42 Å². The van der Waals surface area contributed by atoms with Crippen molar-refractivity contribution < 1.29 is 23.9 Å². The van der Waals surface area contributed by atoms with Crippen LogP contribution in [-0.4, -0.2) is 74.3 Å². The Kier molecular flexibility index (Phi) is 7.56. The van der Waals surface area contributed by atoms with Gasteiger partial charge in [-0.25, -0.2) is 4.98 Å². The molecule has 0 atom stereocenters. The fraction of sp³-hybridized carbons (Fsp3) is 0.391. The van der Waals surface area contributed by atoms with Crippen molar-refractivity contribution in [3.63, 3.8) is 0 Å². The lowest BCUT2D eigenvalue weighted by Gasteiger charge is -2.29. The summed E-state index contributed by atoms with van der Waals surface area (Å²) >= 11 is 1.37. The van der Waals surface area contributed by atoms with Crippen LogP contribution in [0.25, 0.3) is 10.2 Å². The summed E-state index contributed by atoms with van der Waals surface area (Å²) in [5, 5.41) is 11.5. The average Bonchev–Trinajstić information content (AvgIpc) is 3.29. The van der Waals surface area contributed by atoms with Gasteiger partial charge in [0.25, 0.3) is 5.69 Å². The van der Waals surface area contributed by atoms with Crippen molar-refractivity contribution in [2.24, 2.45) is 0 Å². The molecule has 1 aliphatic heterocycles. The fourth-order valence-corrected chi connectivity index (χ4v) is 4.91. The summed E-state index contributed by atoms with van der Waals surface area (Å²) in [5.41, 5.74) is 1.33. The Morgan fingerprint density at radius 2 is 1.82 bits per heavy atom. The van der Waals surface area contributed by atoms with Crippen LogP contribution in [0.5, 0.6) is 11.5 Å². The highest BCUT2D eigenvalue weighted by atomic mass is 32.1. The van der Waals surface area contributed by atoms with E-state index >= 15 is 0 Å². The van der Waals surface area contributed by atoms with Crippen LogP contribution in [0.1, 0.15) is 5.56 Å². The molecule has 34 heavy (non-hydrogen) atoms. The zero-order valence-electron chi connectivity index (χ0n) is 19.1. The van der Waals surface area contributed by atoms with Gasteiger partial charge in [0.15, 0.2) is 5.13 Å². The molecule has 2 aromatic carbocycles. The summed E-state index contributed by atoms with van der Waals surface area (Å²) in [6.07, 6.45) is 0.102. The molecular formula is C23H26N4O6S. The molecule has 0 aliphatic carbocycles. The minimum absolute atomic E-state index is 0.00858. The Hall–Kier alpha value is -3.28. The minimum atomic E-state index is -0.456. The third-order valence-electron chi connectivity index (χ3n) is 5.68. The second-order valence-corrected chi connectivity index (χ2v) is 8.72. The highest BCUT2D eigenvalue weighted by Gasteiger charge is 2.24. The smallest absolute Gasteiger partial charge is 0.269 e. The molecule has 0 N–H and O–H groups in total. The molecule has 2 heterocycles. The van der Waals surface area contributed by atoms with Crippen LogP contribution in [-0.2, 0) is 16.0 Å². The number of ether oxygens (including phenoxy) is 3. The van der Waals surface area contributed by atoms with Crippen molar-refractivity contribution in [1.29, 1.82) is 0 Å². The van der Waals surface area contributed by atoms with Crippen LogP contribution in [0.2, 0.25) is 0 Å². The molecule has 10 nitrogen and oxygen atoms in total. The number of thiazole rings is 1. The molecule has 3 aromatic rings. The number of hydrogen-bond donors (Lipinski definition) is 0. The largest absolute Gasteiger partial charge is 0.495 e. The number of rotatable bonds is 9. The van der Waals surface area contributed by atoms with Gasteiger partial charge in [-0.2, -0.15) is 0 Å². The Labute approximate surface area is 200 Å². The molecule has 1 fully saturated rings. The molecule has 4 rings (SSSR count). The molecule has 1 aliphatic rings. The molecule has 0 spiro atoms. The number of fused-ring (bicyclic) bond motifs is 1. The van der Waals surface area contributed by atoms with Crippen LogP contribution in [0.15, 0.2) is 36.4 Å². The van der Waals surface area contributed by atoms with Crippen LogP contribution in [0, 0.1) is 10.1 Å². The zero-order chi connectivity index (χ0) is 24.1. The molecule has 11 heteroatoms. The molecular weight excluding hydrogens is 460 g/mol. The van der Waals surface area contributed by atoms with Crippen molar-refractivity contribution in [3.8, 4) is 11.5 Å². The molecule has 0 radical (unpaired) electrons. The van der Waals surface area contributed by atoms with Crippen LogP contribution in [0.3, 0.4) is 0 Å². The predicted octanol–water partition coefficient (Wildman–Crippen LogP) is 3.13. The third kappa shape index (κ3) is 5.27. The first-order valence-corrected chi connectivity index (χ1v) is 11.7. The number of nitrogens with zero attached hydrogens (tertiary/aromatic N) is 4. The number of carbonyl (C=O) groups is 1. The van der Waals surface area contributed by atoms with Gasteiger partial charge in [0.1, 0.15) is 21.7 Å². The quantitative estimate of drug-likeness (QED) is 0.335. The van der Waals surface area contributed by atoms with E-state index in [0.29, 0.717) is 54.0 Å². The number of non-ortho nitro benzene ring substituents is 1. The van der Waals surface area contributed by atoms with Gasteiger partial charge in [0, 0.05) is 38.3 Å². The molecule has 180 valence electrons. The number of benzene rings is 2. The lowest BCUT2D eigenvalue weighted by Crippen LogP contribution is -2.43. The Bertz CT molecular complexity index is 1120. The van der Waals surface area contributed by atoms with E-state index < -0.39 is 4.92 Å². The minimum Gasteiger partial charge on any atom is -0.495 e. The maximum absolute atomic E-state index is 13.4. The van der Waals surface area contributed by atoms with E-state index in [9.17, 15) is 14.9 Å². The first-order chi connectivity index (χ1) is 16.5. The second-order valence-electron chi connectivity index (χ2n) is 7.74. The normalized spacial score (nSPS) is 14.2. The van der Waals surface area contributed by atoms with Gasteiger partial charge in [0.2, 0.25) is 5.91 Å². The zero-order valence-corrected chi connectivity index (χ0v) is 19.9. The monoisotopic (exact) mass is 486 g/mol. The molecule has 1 saturated heterocycles. The SMILES string of the molecule is COc1ccc(OC)c2sc(N(CCN3CCOCC3)C(=O)Cc3ccc([N+](=O)[O-])cc3)nc12. The van der Waals surface area contributed by atoms with Crippen LogP contribution in [0.4, 0.5) is 10.8 Å². The van der Waals surface area contributed by atoms with Crippen molar-refractivity contribution in [3.05, 3.63) is 52.1 Å². The van der Waals surface area contributed by atoms with E-state index in [0.717, 1.165) is 17.8 Å². The van der Waals surface area contributed by atoms with Gasteiger partial charge in [0.05, 0.1) is 38.8 Å². The molecule has 1 aromatic heterocycles.